The quantitative estimate of drug-likeness (QED) is 0.408. The summed E-state index contributed by atoms with van der Waals surface area (Å²) in [5.74, 6) is -0.410. The average Bonchev–Trinajstić information content (AvgIpc) is 2.77. The van der Waals surface area contributed by atoms with Crippen molar-refractivity contribution < 1.29 is 29.2 Å². The largest absolute Gasteiger partial charge is 0.444 e. The summed E-state index contributed by atoms with van der Waals surface area (Å²) in [6.07, 6.45) is 1.14. The Kier molecular flexibility index (Phi) is 6.30. The van der Waals surface area contributed by atoms with Gasteiger partial charge in [-0.15, -0.1) is 0 Å². The lowest BCUT2D eigenvalue weighted by atomic mass is 10.0. The van der Waals surface area contributed by atoms with Crippen molar-refractivity contribution in [2.24, 2.45) is 0 Å². The zero-order chi connectivity index (χ0) is 19.5. The Morgan fingerprint density at radius 1 is 1.35 bits per heavy atom. The van der Waals surface area contributed by atoms with Crippen molar-refractivity contribution in [3.8, 4) is 0 Å². The van der Waals surface area contributed by atoms with E-state index in [-0.39, 0.29) is 12.6 Å². The molecular weight excluding hydrogens is 344 g/mol. The number of hydroxylamine groups is 3. The maximum Gasteiger partial charge on any atom is 0.410 e. The van der Waals surface area contributed by atoms with Crippen LogP contribution in [0.2, 0.25) is 0 Å². The van der Waals surface area contributed by atoms with Crippen molar-refractivity contribution in [2.75, 3.05) is 26.7 Å². The van der Waals surface area contributed by atoms with Crippen molar-refractivity contribution in [3.63, 3.8) is 0 Å². The Hall–Kier alpha value is -2.07. The third-order valence-corrected chi connectivity index (χ3v) is 4.27. The lowest BCUT2D eigenvalue weighted by Crippen LogP contribution is -2.49. The zero-order valence-corrected chi connectivity index (χ0v) is 15.7. The Bertz CT molecular complexity index is 549. The molecule has 2 fully saturated rings. The minimum absolute atomic E-state index is 0.217. The molecule has 2 heterocycles. The van der Waals surface area contributed by atoms with E-state index < -0.39 is 29.7 Å². The van der Waals surface area contributed by atoms with Crippen LogP contribution in [0.15, 0.2) is 0 Å². The van der Waals surface area contributed by atoms with Gasteiger partial charge >= 0.3 is 12.1 Å². The van der Waals surface area contributed by atoms with E-state index in [0.29, 0.717) is 37.4 Å². The van der Waals surface area contributed by atoms with Gasteiger partial charge in [0.05, 0.1) is 12.6 Å². The number of fused-ring (bicyclic) bond motifs is 2. The number of amides is 4. The topological polar surface area (TPSA) is 112 Å². The fraction of sp³-hybridized carbons (Fsp3) is 0.812. The van der Waals surface area contributed by atoms with Gasteiger partial charge in [-0.2, -0.15) is 0 Å². The second-order valence-corrected chi connectivity index (χ2v) is 7.60. The summed E-state index contributed by atoms with van der Waals surface area (Å²) in [7, 11) is 1.63. The summed E-state index contributed by atoms with van der Waals surface area (Å²) >= 11 is 0. The van der Waals surface area contributed by atoms with Gasteiger partial charge < -0.3 is 14.5 Å². The lowest BCUT2D eigenvalue weighted by molar-refractivity contribution is -0.139. The van der Waals surface area contributed by atoms with E-state index in [1.165, 1.54) is 9.80 Å². The van der Waals surface area contributed by atoms with Gasteiger partial charge in [0.15, 0.2) is 0 Å². The van der Waals surface area contributed by atoms with Crippen LogP contribution < -0.4 is 5.48 Å². The molecule has 148 valence electrons. The lowest BCUT2D eigenvalue weighted by Gasteiger charge is -2.28. The Labute approximate surface area is 152 Å². The van der Waals surface area contributed by atoms with Gasteiger partial charge in [-0.1, -0.05) is 0 Å². The fourth-order valence-corrected chi connectivity index (χ4v) is 2.92. The van der Waals surface area contributed by atoms with Crippen LogP contribution >= 0.6 is 0 Å². The van der Waals surface area contributed by atoms with Crippen LogP contribution in [-0.2, 0) is 14.4 Å². The monoisotopic (exact) mass is 372 g/mol. The summed E-state index contributed by atoms with van der Waals surface area (Å²) in [4.78, 5) is 43.8. The number of nitrogens with zero attached hydrogens (tertiary/aromatic N) is 3. The SMILES string of the molecule is CN(CCCONC(=O)C1CC[C@H]2CN1C(=O)N2O)C(=O)OC(C)(C)C. The maximum atomic E-state index is 12.2. The van der Waals surface area contributed by atoms with Gasteiger partial charge in [0, 0.05) is 20.1 Å². The van der Waals surface area contributed by atoms with Crippen molar-refractivity contribution >= 4 is 18.0 Å². The molecule has 10 nitrogen and oxygen atoms in total. The molecule has 4 amide bonds. The van der Waals surface area contributed by atoms with Crippen LogP contribution in [0.4, 0.5) is 9.59 Å². The number of nitrogens with one attached hydrogen (secondary N) is 1. The molecule has 0 aromatic carbocycles. The smallest absolute Gasteiger partial charge is 0.410 e. The molecular formula is C16H28N4O6. The van der Waals surface area contributed by atoms with Gasteiger partial charge in [0.25, 0.3) is 5.91 Å². The molecule has 2 rings (SSSR count). The molecule has 2 N–H and O–H groups in total. The maximum absolute atomic E-state index is 12.2. The molecule has 0 spiro atoms. The molecule has 0 aromatic rings. The van der Waals surface area contributed by atoms with Gasteiger partial charge in [-0.25, -0.2) is 20.1 Å². The number of ether oxygens (including phenoxy) is 1. The first kappa shape index (κ1) is 20.2. The molecule has 0 saturated carbocycles. The summed E-state index contributed by atoms with van der Waals surface area (Å²) in [6, 6.07) is -1.43. The number of urea groups is 1. The number of rotatable bonds is 6. The normalized spacial score (nSPS) is 22.4. The Morgan fingerprint density at radius 2 is 2.04 bits per heavy atom. The number of carbonyl (C=O) groups excluding carboxylic acids is 3. The highest BCUT2D eigenvalue weighted by atomic mass is 16.7. The first-order valence-electron chi connectivity index (χ1n) is 8.74. The van der Waals surface area contributed by atoms with Crippen LogP contribution in [-0.4, -0.2) is 82.5 Å². The predicted octanol–water partition coefficient (Wildman–Crippen LogP) is 0.949. The molecule has 0 aromatic heterocycles. The molecule has 2 aliphatic rings. The number of hydrogen-bond donors (Lipinski definition) is 2. The van der Waals surface area contributed by atoms with Crippen LogP contribution in [0.25, 0.3) is 0 Å². The zero-order valence-electron chi connectivity index (χ0n) is 15.7. The van der Waals surface area contributed by atoms with Gasteiger partial charge in [-0.3, -0.25) is 14.8 Å². The van der Waals surface area contributed by atoms with Crippen molar-refractivity contribution in [3.05, 3.63) is 0 Å². The molecule has 26 heavy (non-hydrogen) atoms. The van der Waals surface area contributed by atoms with Crippen LogP contribution in [0.5, 0.6) is 0 Å². The minimum atomic E-state index is -0.639. The third kappa shape index (κ3) is 4.98. The van der Waals surface area contributed by atoms with Crippen molar-refractivity contribution in [2.45, 2.75) is 57.7 Å². The molecule has 2 saturated heterocycles. The Morgan fingerprint density at radius 3 is 2.69 bits per heavy atom. The molecule has 2 bridgehead atoms. The van der Waals surface area contributed by atoms with E-state index in [2.05, 4.69) is 5.48 Å². The summed E-state index contributed by atoms with van der Waals surface area (Å²) in [5, 5.41) is 10.3. The molecule has 2 aliphatic heterocycles. The molecule has 1 unspecified atom stereocenters. The average molecular weight is 372 g/mol. The van der Waals surface area contributed by atoms with Crippen molar-refractivity contribution in [1.29, 1.82) is 0 Å². The summed E-state index contributed by atoms with van der Waals surface area (Å²) in [6.45, 7) is 6.37. The van der Waals surface area contributed by atoms with E-state index in [4.69, 9.17) is 9.57 Å². The van der Waals surface area contributed by atoms with Crippen LogP contribution in [0.3, 0.4) is 0 Å². The van der Waals surface area contributed by atoms with E-state index in [0.717, 1.165) is 0 Å². The highest BCUT2D eigenvalue weighted by Crippen LogP contribution is 2.28. The fourth-order valence-electron chi connectivity index (χ4n) is 2.92. The number of carbonyl (C=O) groups is 3. The van der Waals surface area contributed by atoms with E-state index in [9.17, 15) is 19.6 Å². The molecule has 2 atom stereocenters. The molecule has 0 radical (unpaired) electrons. The first-order valence-corrected chi connectivity index (χ1v) is 8.74. The van der Waals surface area contributed by atoms with Crippen LogP contribution in [0, 0.1) is 0 Å². The summed E-state index contributed by atoms with van der Waals surface area (Å²) in [5.41, 5.74) is 1.79. The molecule has 0 aliphatic carbocycles. The summed E-state index contributed by atoms with van der Waals surface area (Å²) < 4.78 is 5.24. The van der Waals surface area contributed by atoms with Gasteiger partial charge in [0.1, 0.15) is 11.6 Å². The third-order valence-electron chi connectivity index (χ3n) is 4.27. The molecule has 10 heteroatoms. The number of piperidine rings is 1. The van der Waals surface area contributed by atoms with Crippen molar-refractivity contribution in [1.82, 2.24) is 20.3 Å². The standard InChI is InChI=1S/C16H28N4O6/c1-16(2,3)26-15(23)18(4)8-5-9-25-17-13(21)12-7-6-11-10-19(12)14(22)20(11)24/h11-12,24H,5-10H2,1-4H3,(H,17,21)/t11-,12?/m0/s1. The second kappa shape index (κ2) is 8.09. The first-order chi connectivity index (χ1) is 12.1. The van der Waals surface area contributed by atoms with E-state index in [1.807, 2.05) is 0 Å². The van der Waals surface area contributed by atoms with Gasteiger partial charge in [-0.05, 0) is 40.0 Å². The minimum Gasteiger partial charge on any atom is -0.444 e. The van der Waals surface area contributed by atoms with E-state index >= 15 is 0 Å². The Balaban J connectivity index is 1.65. The van der Waals surface area contributed by atoms with Gasteiger partial charge in [0.2, 0.25) is 0 Å². The second-order valence-electron chi connectivity index (χ2n) is 7.60. The highest BCUT2D eigenvalue weighted by Gasteiger charge is 2.46. The number of hydrogen-bond acceptors (Lipinski definition) is 6. The van der Waals surface area contributed by atoms with E-state index in [1.54, 1.807) is 27.8 Å². The predicted molar refractivity (Wildman–Crippen MR) is 90.1 cm³/mol. The van der Waals surface area contributed by atoms with Crippen LogP contribution in [0.1, 0.15) is 40.0 Å². The highest BCUT2D eigenvalue weighted by molar-refractivity contribution is 5.87.